The second-order valence-corrected chi connectivity index (χ2v) is 5.73. The highest BCUT2D eigenvalue weighted by atomic mass is 79.9. The van der Waals surface area contributed by atoms with Gasteiger partial charge in [-0.2, -0.15) is 0 Å². The molecule has 2 nitrogen and oxygen atoms in total. The number of hydrogen-bond acceptors (Lipinski definition) is 2. The molecule has 1 saturated carbocycles. The van der Waals surface area contributed by atoms with Gasteiger partial charge in [-0.1, -0.05) is 13.8 Å². The minimum absolute atomic E-state index is 0.00336. The van der Waals surface area contributed by atoms with Gasteiger partial charge in [0.25, 0.3) is 0 Å². The van der Waals surface area contributed by atoms with E-state index in [4.69, 9.17) is 4.74 Å². The molecule has 0 aromatic heterocycles. The Kier molecular flexibility index (Phi) is 3.16. The Labute approximate surface area is 107 Å². The van der Waals surface area contributed by atoms with Crippen LogP contribution in [-0.4, -0.2) is 17.3 Å². The van der Waals surface area contributed by atoms with Gasteiger partial charge in [0.2, 0.25) is 0 Å². The molecule has 94 valence electrons. The summed E-state index contributed by atoms with van der Waals surface area (Å²) >= 11 is 3.06. The molecule has 0 heterocycles. The lowest BCUT2D eigenvalue weighted by molar-refractivity contribution is -0.135. The standard InChI is InChI=1S/C12H13BrF2O2/c1-12(2)9(16)5-10(12)17-11-7(13)3-6(14)4-8(11)15/h3-4,9-10,16H,5H2,1-2H3. The summed E-state index contributed by atoms with van der Waals surface area (Å²) in [7, 11) is 0. The molecule has 0 bridgehead atoms. The Balaban J connectivity index is 2.21. The Bertz CT molecular complexity index is 425. The largest absolute Gasteiger partial charge is 0.485 e. The normalized spacial score (nSPS) is 26.5. The van der Waals surface area contributed by atoms with E-state index >= 15 is 0 Å². The van der Waals surface area contributed by atoms with Crippen molar-refractivity contribution in [3.63, 3.8) is 0 Å². The summed E-state index contributed by atoms with van der Waals surface area (Å²) in [6, 6.07) is 1.93. The minimum Gasteiger partial charge on any atom is -0.485 e. The van der Waals surface area contributed by atoms with E-state index in [0.29, 0.717) is 6.42 Å². The predicted molar refractivity (Wildman–Crippen MR) is 62.9 cm³/mol. The second-order valence-electron chi connectivity index (χ2n) is 4.88. The van der Waals surface area contributed by atoms with Gasteiger partial charge in [-0.3, -0.25) is 0 Å². The highest BCUT2D eigenvalue weighted by molar-refractivity contribution is 9.10. The zero-order valence-electron chi connectivity index (χ0n) is 9.51. The van der Waals surface area contributed by atoms with Crippen LogP contribution in [0.15, 0.2) is 16.6 Å². The lowest BCUT2D eigenvalue weighted by Crippen LogP contribution is -2.56. The Morgan fingerprint density at radius 1 is 1.41 bits per heavy atom. The predicted octanol–water partition coefficient (Wildman–Crippen LogP) is 3.27. The van der Waals surface area contributed by atoms with Gasteiger partial charge >= 0.3 is 0 Å². The van der Waals surface area contributed by atoms with Crippen molar-refractivity contribution in [2.75, 3.05) is 0 Å². The number of aliphatic hydroxyl groups excluding tert-OH is 1. The molecule has 0 saturated heterocycles. The first kappa shape index (κ1) is 12.8. The summed E-state index contributed by atoms with van der Waals surface area (Å²) in [4.78, 5) is 0. The van der Waals surface area contributed by atoms with Gasteiger partial charge in [-0.25, -0.2) is 8.78 Å². The van der Waals surface area contributed by atoms with Crippen molar-refractivity contribution in [1.29, 1.82) is 0 Å². The van der Waals surface area contributed by atoms with E-state index in [1.54, 1.807) is 0 Å². The van der Waals surface area contributed by atoms with Crippen LogP contribution in [0.4, 0.5) is 8.78 Å². The maximum atomic E-state index is 13.5. The zero-order chi connectivity index (χ0) is 12.8. The summed E-state index contributed by atoms with van der Waals surface area (Å²) in [5.74, 6) is -1.40. The number of benzene rings is 1. The third-order valence-corrected chi connectivity index (χ3v) is 3.94. The number of halogens is 3. The zero-order valence-corrected chi connectivity index (χ0v) is 11.1. The number of ether oxygens (including phenoxy) is 1. The van der Waals surface area contributed by atoms with Crippen molar-refractivity contribution < 1.29 is 18.6 Å². The number of hydrogen-bond donors (Lipinski definition) is 1. The molecule has 1 aromatic carbocycles. The summed E-state index contributed by atoms with van der Waals surface area (Å²) < 4.78 is 32.2. The number of rotatable bonds is 2. The summed E-state index contributed by atoms with van der Waals surface area (Å²) in [6.07, 6.45) is -0.264. The molecule has 1 aliphatic carbocycles. The van der Waals surface area contributed by atoms with Crippen LogP contribution in [0.3, 0.4) is 0 Å². The summed E-state index contributed by atoms with van der Waals surface area (Å²) in [5.41, 5.74) is -0.416. The van der Waals surface area contributed by atoms with Crippen molar-refractivity contribution >= 4 is 15.9 Å². The summed E-state index contributed by atoms with van der Waals surface area (Å²) in [6.45, 7) is 3.70. The van der Waals surface area contributed by atoms with Gasteiger partial charge in [0.1, 0.15) is 11.9 Å². The second kappa shape index (κ2) is 4.21. The third kappa shape index (κ3) is 2.18. The Morgan fingerprint density at radius 2 is 2.06 bits per heavy atom. The number of aliphatic hydroxyl groups is 1. The van der Waals surface area contributed by atoms with Gasteiger partial charge in [0, 0.05) is 17.9 Å². The van der Waals surface area contributed by atoms with Crippen molar-refractivity contribution in [2.45, 2.75) is 32.5 Å². The van der Waals surface area contributed by atoms with Crippen LogP contribution in [0.5, 0.6) is 5.75 Å². The molecule has 5 heteroatoms. The van der Waals surface area contributed by atoms with E-state index in [0.717, 1.165) is 12.1 Å². The van der Waals surface area contributed by atoms with Crippen LogP contribution in [0, 0.1) is 17.0 Å². The molecule has 1 fully saturated rings. The lowest BCUT2D eigenvalue weighted by Gasteiger charge is -2.48. The van der Waals surface area contributed by atoms with Crippen LogP contribution in [-0.2, 0) is 0 Å². The van der Waals surface area contributed by atoms with Gasteiger partial charge < -0.3 is 9.84 Å². The average Bonchev–Trinajstić information content (AvgIpc) is 2.21. The molecule has 17 heavy (non-hydrogen) atoms. The molecule has 2 rings (SSSR count). The first-order chi connectivity index (χ1) is 7.82. The van der Waals surface area contributed by atoms with E-state index in [1.807, 2.05) is 13.8 Å². The van der Waals surface area contributed by atoms with Gasteiger partial charge in [0.05, 0.1) is 10.6 Å². The van der Waals surface area contributed by atoms with Crippen LogP contribution in [0.2, 0.25) is 0 Å². The van der Waals surface area contributed by atoms with Crippen LogP contribution in [0.25, 0.3) is 0 Å². The molecule has 0 aliphatic heterocycles. The van der Waals surface area contributed by atoms with Crippen molar-refractivity contribution in [2.24, 2.45) is 5.41 Å². The van der Waals surface area contributed by atoms with Crippen LogP contribution in [0.1, 0.15) is 20.3 Å². The van der Waals surface area contributed by atoms with E-state index in [2.05, 4.69) is 15.9 Å². The molecular weight excluding hydrogens is 294 g/mol. The smallest absolute Gasteiger partial charge is 0.169 e. The van der Waals surface area contributed by atoms with Gasteiger partial charge in [-0.15, -0.1) is 0 Å². The fourth-order valence-electron chi connectivity index (χ4n) is 1.85. The molecule has 2 unspecified atom stereocenters. The highest BCUT2D eigenvalue weighted by Gasteiger charge is 2.49. The SMILES string of the molecule is CC1(C)C(O)CC1Oc1c(F)cc(F)cc1Br. The maximum Gasteiger partial charge on any atom is 0.169 e. The molecule has 0 radical (unpaired) electrons. The first-order valence-electron chi connectivity index (χ1n) is 5.31. The third-order valence-electron chi connectivity index (χ3n) is 3.35. The lowest BCUT2D eigenvalue weighted by atomic mass is 9.66. The van der Waals surface area contributed by atoms with Gasteiger partial charge in [0.15, 0.2) is 11.6 Å². The van der Waals surface area contributed by atoms with E-state index < -0.39 is 23.2 Å². The molecule has 2 atom stereocenters. The molecule has 1 N–H and O–H groups in total. The van der Waals surface area contributed by atoms with Crippen molar-refractivity contribution in [1.82, 2.24) is 0 Å². The fourth-order valence-corrected chi connectivity index (χ4v) is 2.35. The monoisotopic (exact) mass is 306 g/mol. The fraction of sp³-hybridized carbons (Fsp3) is 0.500. The minimum atomic E-state index is -0.742. The van der Waals surface area contributed by atoms with Crippen LogP contribution >= 0.6 is 15.9 Å². The highest BCUT2D eigenvalue weighted by Crippen LogP contribution is 2.44. The van der Waals surface area contributed by atoms with Gasteiger partial charge in [-0.05, 0) is 22.0 Å². The quantitative estimate of drug-likeness (QED) is 0.909. The molecule has 0 amide bonds. The first-order valence-corrected chi connectivity index (χ1v) is 6.11. The molecule has 0 spiro atoms. The Hall–Kier alpha value is -0.680. The molecular formula is C12H13BrF2O2. The van der Waals surface area contributed by atoms with E-state index in [-0.39, 0.29) is 16.3 Å². The summed E-state index contributed by atoms with van der Waals surface area (Å²) in [5, 5.41) is 9.56. The van der Waals surface area contributed by atoms with Crippen molar-refractivity contribution in [3.8, 4) is 5.75 Å². The molecule has 1 aromatic rings. The Morgan fingerprint density at radius 3 is 2.53 bits per heavy atom. The maximum absolute atomic E-state index is 13.5. The van der Waals surface area contributed by atoms with E-state index in [1.165, 1.54) is 0 Å². The molecule has 1 aliphatic rings. The topological polar surface area (TPSA) is 29.5 Å². The van der Waals surface area contributed by atoms with E-state index in [9.17, 15) is 13.9 Å². The van der Waals surface area contributed by atoms with Crippen LogP contribution < -0.4 is 4.74 Å². The average molecular weight is 307 g/mol. The van der Waals surface area contributed by atoms with Crippen molar-refractivity contribution in [3.05, 3.63) is 28.2 Å².